The van der Waals surface area contributed by atoms with Crippen LogP contribution in [0.1, 0.15) is 34.6 Å². The predicted octanol–water partition coefficient (Wildman–Crippen LogP) is 1.73. The minimum absolute atomic E-state index is 0.0475. The van der Waals surface area contributed by atoms with Crippen molar-refractivity contribution < 1.29 is 28.9 Å². The molecule has 0 aliphatic carbocycles. The number of carbonyl (C=O) groups is 2. The van der Waals surface area contributed by atoms with Crippen molar-refractivity contribution in [2.75, 3.05) is 0 Å². The first-order valence-corrected chi connectivity index (χ1v) is 7.83. The van der Waals surface area contributed by atoms with E-state index in [-0.39, 0.29) is 47.4 Å². The van der Waals surface area contributed by atoms with E-state index in [0.29, 0.717) is 0 Å². The molecule has 6 nitrogen and oxygen atoms in total. The first kappa shape index (κ1) is 14.7. The van der Waals surface area contributed by atoms with Crippen molar-refractivity contribution >= 4 is 11.9 Å². The van der Waals surface area contributed by atoms with Crippen LogP contribution in [0.2, 0.25) is 0 Å². The Morgan fingerprint density at radius 3 is 2.26 bits per heavy atom. The van der Waals surface area contributed by atoms with Crippen LogP contribution in [0.5, 0.6) is 0 Å². The summed E-state index contributed by atoms with van der Waals surface area (Å²) >= 11 is 0. The largest absolute Gasteiger partial charge is 0.478 e. The van der Waals surface area contributed by atoms with Crippen LogP contribution in [0, 0.1) is 11.8 Å². The number of hydrogen-bond donors (Lipinski definition) is 1. The summed E-state index contributed by atoms with van der Waals surface area (Å²) in [5.74, 6) is -1.37. The maximum atomic E-state index is 12.5. The van der Waals surface area contributed by atoms with Gasteiger partial charge in [-0.15, -0.1) is 0 Å². The summed E-state index contributed by atoms with van der Waals surface area (Å²) in [7, 11) is 0. The highest BCUT2D eigenvalue weighted by atomic mass is 16.6. The molecule has 1 aromatic rings. The summed E-state index contributed by atoms with van der Waals surface area (Å²) in [6.45, 7) is 4.13. The molecule has 0 saturated carbocycles. The lowest BCUT2D eigenvalue weighted by atomic mass is 9.87. The predicted molar refractivity (Wildman–Crippen MR) is 78.3 cm³/mol. The molecule has 0 radical (unpaired) electrons. The number of benzene rings is 1. The zero-order valence-electron chi connectivity index (χ0n) is 12.8. The maximum Gasteiger partial charge on any atom is 0.339 e. The number of carbonyl (C=O) groups excluding carboxylic acids is 1. The average molecular weight is 318 g/mol. The highest BCUT2D eigenvalue weighted by Crippen LogP contribution is 2.50. The van der Waals surface area contributed by atoms with Crippen molar-refractivity contribution in [3.63, 3.8) is 0 Å². The normalized spacial score (nSPS) is 40.3. The van der Waals surface area contributed by atoms with Gasteiger partial charge in [-0.05, 0) is 12.1 Å². The summed E-state index contributed by atoms with van der Waals surface area (Å²) in [5, 5.41) is 9.21. The fraction of sp³-hybridized carbons (Fsp3) is 0.529. The van der Waals surface area contributed by atoms with Gasteiger partial charge in [-0.2, -0.15) is 0 Å². The Hall–Kier alpha value is -1.92. The van der Waals surface area contributed by atoms with Gasteiger partial charge in [0.15, 0.2) is 6.10 Å². The van der Waals surface area contributed by atoms with E-state index in [4.69, 9.17) is 14.2 Å². The van der Waals surface area contributed by atoms with Crippen molar-refractivity contribution in [1.82, 2.24) is 0 Å². The third-order valence-corrected chi connectivity index (χ3v) is 5.29. The van der Waals surface area contributed by atoms with Gasteiger partial charge in [0.25, 0.3) is 0 Å². The van der Waals surface area contributed by atoms with Gasteiger partial charge >= 0.3 is 11.9 Å². The zero-order valence-corrected chi connectivity index (χ0v) is 12.8. The van der Waals surface area contributed by atoms with Crippen LogP contribution in [0.25, 0.3) is 0 Å². The third kappa shape index (κ3) is 2.01. The van der Waals surface area contributed by atoms with Gasteiger partial charge in [-0.3, -0.25) is 0 Å². The zero-order chi connectivity index (χ0) is 16.3. The van der Waals surface area contributed by atoms with Gasteiger partial charge in [0, 0.05) is 11.8 Å². The molecule has 6 heteroatoms. The van der Waals surface area contributed by atoms with Gasteiger partial charge < -0.3 is 19.3 Å². The van der Waals surface area contributed by atoms with E-state index in [0.717, 1.165) is 0 Å². The van der Waals surface area contributed by atoms with Crippen LogP contribution in [0.3, 0.4) is 0 Å². The molecule has 1 aromatic carbocycles. The molecule has 0 aromatic heterocycles. The number of hydrogen-bond acceptors (Lipinski definition) is 5. The van der Waals surface area contributed by atoms with E-state index < -0.39 is 18.0 Å². The van der Waals surface area contributed by atoms with Crippen molar-refractivity contribution in [3.8, 4) is 0 Å². The molecule has 5 rings (SSSR count). The van der Waals surface area contributed by atoms with Gasteiger partial charge in [0.05, 0.1) is 23.3 Å². The quantitative estimate of drug-likeness (QED) is 0.855. The second kappa shape index (κ2) is 5.04. The lowest BCUT2D eigenvalue weighted by molar-refractivity contribution is -0.152. The maximum absolute atomic E-state index is 12.5. The van der Waals surface area contributed by atoms with Crippen molar-refractivity contribution in [2.45, 2.75) is 44.4 Å². The average Bonchev–Trinajstić information content (AvgIpc) is 2.96. The van der Waals surface area contributed by atoms with E-state index in [1.807, 2.05) is 6.92 Å². The molecule has 4 fully saturated rings. The molecule has 2 unspecified atom stereocenters. The first-order chi connectivity index (χ1) is 11.0. The summed E-state index contributed by atoms with van der Waals surface area (Å²) in [6.07, 6.45) is -0.817. The van der Waals surface area contributed by atoms with E-state index in [9.17, 15) is 14.7 Å². The summed E-state index contributed by atoms with van der Waals surface area (Å²) in [6, 6.07) is 6.05. The molecule has 122 valence electrons. The lowest BCUT2D eigenvalue weighted by Crippen LogP contribution is -2.49. The second-order valence-electron chi connectivity index (χ2n) is 6.57. The van der Waals surface area contributed by atoms with Gasteiger partial charge in [-0.25, -0.2) is 9.59 Å². The molecule has 4 heterocycles. The van der Waals surface area contributed by atoms with E-state index in [1.165, 1.54) is 12.1 Å². The van der Waals surface area contributed by atoms with E-state index in [1.54, 1.807) is 12.1 Å². The Morgan fingerprint density at radius 1 is 0.957 bits per heavy atom. The Morgan fingerprint density at radius 2 is 1.57 bits per heavy atom. The summed E-state index contributed by atoms with van der Waals surface area (Å²) in [4.78, 5) is 23.7. The fourth-order valence-corrected chi connectivity index (χ4v) is 4.16. The molecule has 4 bridgehead atoms. The SMILES string of the molecule is C[C@@H]1C2O[C@H]3[C@H](OC1[C@@H]3OC(=O)c1ccccc1C(=O)O)[C@H]2C. The first-order valence-electron chi connectivity index (χ1n) is 7.83. The smallest absolute Gasteiger partial charge is 0.339 e. The lowest BCUT2D eigenvalue weighted by Gasteiger charge is -2.38. The summed E-state index contributed by atoms with van der Waals surface area (Å²) < 4.78 is 17.6. The van der Waals surface area contributed by atoms with Crippen LogP contribution in [-0.2, 0) is 14.2 Å². The van der Waals surface area contributed by atoms with E-state index in [2.05, 4.69) is 6.92 Å². The molecule has 4 aliphatic heterocycles. The molecule has 7 atom stereocenters. The number of ether oxygens (including phenoxy) is 3. The Bertz CT molecular complexity index is 667. The highest BCUT2D eigenvalue weighted by Gasteiger charge is 2.65. The topological polar surface area (TPSA) is 82.1 Å². The molecule has 1 N–H and O–H groups in total. The van der Waals surface area contributed by atoms with Gasteiger partial charge in [-0.1, -0.05) is 26.0 Å². The monoisotopic (exact) mass is 318 g/mol. The Kier molecular flexibility index (Phi) is 3.21. The minimum Gasteiger partial charge on any atom is -0.478 e. The van der Waals surface area contributed by atoms with Crippen molar-refractivity contribution in [1.29, 1.82) is 0 Å². The van der Waals surface area contributed by atoms with Crippen LogP contribution < -0.4 is 0 Å². The van der Waals surface area contributed by atoms with Crippen LogP contribution >= 0.6 is 0 Å². The number of esters is 1. The second-order valence-corrected chi connectivity index (χ2v) is 6.57. The minimum atomic E-state index is -1.15. The number of rotatable bonds is 3. The number of aromatic carboxylic acids is 1. The fourth-order valence-electron chi connectivity index (χ4n) is 4.16. The van der Waals surface area contributed by atoms with Gasteiger partial charge in [0.1, 0.15) is 12.2 Å². The Labute approximate surface area is 133 Å². The molecule has 23 heavy (non-hydrogen) atoms. The van der Waals surface area contributed by atoms with Crippen LogP contribution in [-0.4, -0.2) is 47.6 Å². The highest BCUT2D eigenvalue weighted by molar-refractivity contribution is 6.02. The van der Waals surface area contributed by atoms with Gasteiger partial charge in [0.2, 0.25) is 0 Å². The summed E-state index contributed by atoms with van der Waals surface area (Å²) in [5.41, 5.74) is -0.00812. The number of carboxylic acids is 1. The molecule has 0 amide bonds. The van der Waals surface area contributed by atoms with Crippen molar-refractivity contribution in [3.05, 3.63) is 35.4 Å². The third-order valence-electron chi connectivity index (χ3n) is 5.29. The molecular weight excluding hydrogens is 300 g/mol. The molecule has 4 aliphatic rings. The molecular formula is C17H18O6. The van der Waals surface area contributed by atoms with Crippen molar-refractivity contribution in [2.24, 2.45) is 11.8 Å². The Balaban J connectivity index is 1.58. The van der Waals surface area contributed by atoms with E-state index >= 15 is 0 Å². The standard InChI is InChI=1S/C17H18O6/c1-7-11-8(2)13-15(14(21-11)12(7)22-13)23-17(20)10-6-4-3-5-9(10)16(18)19/h3-8,11-15H,1-2H3,(H,18,19)/t7-,8+,11?,12+,13?,14-,15-/m0/s1. The molecule has 4 saturated heterocycles. The van der Waals surface area contributed by atoms with Crippen LogP contribution in [0.4, 0.5) is 0 Å². The number of carboxylic acid groups (broad SMARTS) is 1. The van der Waals surface area contributed by atoms with Crippen LogP contribution in [0.15, 0.2) is 24.3 Å². The molecule has 0 spiro atoms.